The van der Waals surface area contributed by atoms with Gasteiger partial charge in [0.1, 0.15) is 5.70 Å². The summed E-state index contributed by atoms with van der Waals surface area (Å²) in [6.45, 7) is 5.91. The average molecular weight is 381 g/mol. The molecule has 0 aromatic heterocycles. The monoisotopic (exact) mass is 380 g/mol. The van der Waals surface area contributed by atoms with Gasteiger partial charge in [0.05, 0.1) is 5.57 Å². The van der Waals surface area contributed by atoms with Gasteiger partial charge in [-0.05, 0) is 62.6 Å². The van der Waals surface area contributed by atoms with Crippen molar-refractivity contribution >= 4 is 17.4 Å². The van der Waals surface area contributed by atoms with Crippen molar-refractivity contribution in [1.82, 2.24) is 9.80 Å². The maximum Gasteiger partial charge on any atom is 0.278 e. The van der Waals surface area contributed by atoms with E-state index in [1.165, 1.54) is 24.8 Å². The molecule has 3 aliphatic rings. The van der Waals surface area contributed by atoms with Crippen LogP contribution >= 0.6 is 0 Å². The topological polar surface area (TPSA) is 40.6 Å². The third-order valence-corrected chi connectivity index (χ3v) is 6.75. The summed E-state index contributed by atoms with van der Waals surface area (Å²) in [5, 5.41) is 0. The maximum atomic E-state index is 13.6. The number of aryl methyl sites for hydroxylation is 2. The van der Waals surface area contributed by atoms with Crippen molar-refractivity contribution in [2.24, 2.45) is 0 Å². The lowest BCUT2D eigenvalue weighted by atomic mass is 9.98. The van der Waals surface area contributed by atoms with Crippen LogP contribution in [-0.4, -0.2) is 40.7 Å². The molecule has 1 saturated carbocycles. The Labute approximate surface area is 168 Å². The van der Waals surface area contributed by atoms with Gasteiger partial charge in [-0.1, -0.05) is 43.9 Å². The SMILES string of the molecule is Cc1ccc(C2=C(N3CCCCC3)C(=O)N(C3CCCCCC3)C2=O)cc1C. The lowest BCUT2D eigenvalue weighted by Gasteiger charge is -2.31. The van der Waals surface area contributed by atoms with Crippen LogP contribution in [0.2, 0.25) is 0 Å². The Kier molecular flexibility index (Phi) is 5.56. The van der Waals surface area contributed by atoms with Crippen LogP contribution in [0.3, 0.4) is 0 Å². The summed E-state index contributed by atoms with van der Waals surface area (Å²) >= 11 is 0. The van der Waals surface area contributed by atoms with E-state index in [1.807, 2.05) is 6.07 Å². The van der Waals surface area contributed by atoms with Crippen molar-refractivity contribution in [2.75, 3.05) is 13.1 Å². The minimum atomic E-state index is -0.0688. The second kappa shape index (κ2) is 8.10. The largest absolute Gasteiger partial charge is 0.366 e. The summed E-state index contributed by atoms with van der Waals surface area (Å²) < 4.78 is 0. The van der Waals surface area contributed by atoms with Crippen molar-refractivity contribution in [3.63, 3.8) is 0 Å². The highest BCUT2D eigenvalue weighted by Crippen LogP contribution is 2.37. The molecule has 0 radical (unpaired) electrons. The Bertz CT molecular complexity index is 797. The molecule has 4 nitrogen and oxygen atoms in total. The van der Waals surface area contributed by atoms with E-state index in [4.69, 9.17) is 0 Å². The normalized spacial score (nSPS) is 22.2. The number of imide groups is 1. The molecule has 0 bridgehead atoms. The molecule has 0 spiro atoms. The van der Waals surface area contributed by atoms with Crippen LogP contribution in [0.5, 0.6) is 0 Å². The zero-order chi connectivity index (χ0) is 19.7. The first-order valence-electron chi connectivity index (χ1n) is 11.0. The number of hydrogen-bond donors (Lipinski definition) is 0. The number of carbonyl (C=O) groups excluding carboxylic acids is 2. The number of benzene rings is 1. The van der Waals surface area contributed by atoms with Gasteiger partial charge in [0.15, 0.2) is 0 Å². The Hall–Kier alpha value is -2.10. The molecule has 4 rings (SSSR count). The highest BCUT2D eigenvalue weighted by atomic mass is 16.2. The fourth-order valence-corrected chi connectivity index (χ4v) is 4.95. The van der Waals surface area contributed by atoms with Crippen LogP contribution in [0, 0.1) is 13.8 Å². The molecule has 2 aliphatic heterocycles. The molecule has 0 N–H and O–H groups in total. The number of likely N-dealkylation sites (tertiary alicyclic amines) is 1. The molecular weight excluding hydrogens is 348 g/mol. The summed E-state index contributed by atoms with van der Waals surface area (Å²) in [6.07, 6.45) is 9.93. The predicted octanol–water partition coefficient (Wildman–Crippen LogP) is 4.59. The minimum Gasteiger partial charge on any atom is -0.366 e. The van der Waals surface area contributed by atoms with Crippen molar-refractivity contribution in [3.05, 3.63) is 40.6 Å². The molecule has 1 aromatic carbocycles. The first kappa shape index (κ1) is 19.2. The summed E-state index contributed by atoms with van der Waals surface area (Å²) in [7, 11) is 0. The van der Waals surface area contributed by atoms with Crippen LogP contribution in [-0.2, 0) is 9.59 Å². The number of rotatable bonds is 3. The number of nitrogens with zero attached hydrogens (tertiary/aromatic N) is 2. The van der Waals surface area contributed by atoms with Crippen molar-refractivity contribution < 1.29 is 9.59 Å². The Morgan fingerprint density at radius 3 is 2.07 bits per heavy atom. The zero-order valence-corrected chi connectivity index (χ0v) is 17.3. The average Bonchev–Trinajstić information content (AvgIpc) is 2.86. The van der Waals surface area contributed by atoms with E-state index in [-0.39, 0.29) is 17.9 Å². The van der Waals surface area contributed by atoms with Crippen LogP contribution < -0.4 is 0 Å². The van der Waals surface area contributed by atoms with Gasteiger partial charge in [0.2, 0.25) is 0 Å². The van der Waals surface area contributed by atoms with E-state index >= 15 is 0 Å². The van der Waals surface area contributed by atoms with Crippen molar-refractivity contribution in [2.45, 2.75) is 77.7 Å². The predicted molar refractivity (Wildman–Crippen MR) is 112 cm³/mol. The minimum absolute atomic E-state index is 0.0490. The van der Waals surface area contributed by atoms with Crippen LogP contribution in [0.25, 0.3) is 5.57 Å². The molecule has 28 heavy (non-hydrogen) atoms. The van der Waals surface area contributed by atoms with Crippen molar-refractivity contribution in [1.29, 1.82) is 0 Å². The third-order valence-electron chi connectivity index (χ3n) is 6.75. The molecule has 2 heterocycles. The Morgan fingerprint density at radius 2 is 1.43 bits per heavy atom. The van der Waals surface area contributed by atoms with E-state index < -0.39 is 0 Å². The lowest BCUT2D eigenvalue weighted by molar-refractivity contribution is -0.140. The Morgan fingerprint density at radius 1 is 0.786 bits per heavy atom. The highest BCUT2D eigenvalue weighted by molar-refractivity contribution is 6.35. The second-order valence-corrected chi connectivity index (χ2v) is 8.70. The number of amides is 2. The summed E-state index contributed by atoms with van der Waals surface area (Å²) in [4.78, 5) is 31.0. The maximum absolute atomic E-state index is 13.6. The molecule has 0 atom stereocenters. The third kappa shape index (κ3) is 3.49. The standard InChI is InChI=1S/C24H32N2O2/c1-17-12-13-19(16-18(17)2)21-22(25-14-8-5-9-15-25)24(28)26(23(21)27)20-10-6-3-4-7-11-20/h12-13,16,20H,3-11,14-15H2,1-2H3. The Balaban J connectivity index is 1.76. The molecule has 2 amide bonds. The summed E-state index contributed by atoms with van der Waals surface area (Å²) in [5.74, 6) is -0.118. The number of piperidine rings is 1. The molecule has 0 unspecified atom stereocenters. The van der Waals surface area contributed by atoms with E-state index in [1.54, 1.807) is 4.90 Å². The van der Waals surface area contributed by atoms with Gasteiger partial charge in [-0.2, -0.15) is 0 Å². The molecule has 4 heteroatoms. The zero-order valence-electron chi connectivity index (χ0n) is 17.3. The van der Waals surface area contributed by atoms with E-state index in [0.29, 0.717) is 11.3 Å². The first-order chi connectivity index (χ1) is 13.6. The van der Waals surface area contributed by atoms with Crippen molar-refractivity contribution in [3.8, 4) is 0 Å². The second-order valence-electron chi connectivity index (χ2n) is 8.70. The van der Waals surface area contributed by atoms with Crippen LogP contribution in [0.1, 0.15) is 74.5 Å². The number of hydrogen-bond acceptors (Lipinski definition) is 3. The van der Waals surface area contributed by atoms with E-state index in [0.717, 1.165) is 62.7 Å². The first-order valence-corrected chi connectivity index (χ1v) is 11.0. The summed E-state index contributed by atoms with van der Waals surface area (Å²) in [5.41, 5.74) is 4.58. The number of carbonyl (C=O) groups is 2. The summed E-state index contributed by atoms with van der Waals surface area (Å²) in [6, 6.07) is 6.23. The van der Waals surface area contributed by atoms with Gasteiger partial charge in [-0.15, -0.1) is 0 Å². The fraction of sp³-hybridized carbons (Fsp3) is 0.583. The van der Waals surface area contributed by atoms with Gasteiger partial charge >= 0.3 is 0 Å². The van der Waals surface area contributed by atoms with Gasteiger partial charge in [-0.3, -0.25) is 14.5 Å². The quantitative estimate of drug-likeness (QED) is 0.569. The van der Waals surface area contributed by atoms with Crippen LogP contribution in [0.15, 0.2) is 23.9 Å². The molecule has 1 aromatic rings. The fourth-order valence-electron chi connectivity index (χ4n) is 4.95. The molecule has 150 valence electrons. The lowest BCUT2D eigenvalue weighted by Crippen LogP contribution is -2.43. The molecule has 2 fully saturated rings. The van der Waals surface area contributed by atoms with Gasteiger partial charge in [-0.25, -0.2) is 0 Å². The molecular formula is C24H32N2O2. The van der Waals surface area contributed by atoms with Gasteiger partial charge in [0.25, 0.3) is 11.8 Å². The van der Waals surface area contributed by atoms with E-state index in [2.05, 4.69) is 30.9 Å². The molecule has 1 aliphatic carbocycles. The highest BCUT2D eigenvalue weighted by Gasteiger charge is 2.44. The van der Waals surface area contributed by atoms with Gasteiger partial charge in [0, 0.05) is 19.1 Å². The smallest absolute Gasteiger partial charge is 0.278 e. The van der Waals surface area contributed by atoms with Crippen LogP contribution in [0.4, 0.5) is 0 Å². The van der Waals surface area contributed by atoms with Gasteiger partial charge < -0.3 is 4.90 Å². The van der Waals surface area contributed by atoms with E-state index in [9.17, 15) is 9.59 Å². The molecule has 1 saturated heterocycles.